The minimum atomic E-state index is -1.46. The molecule has 0 spiro atoms. The lowest BCUT2D eigenvalue weighted by atomic mass is 9.89. The Morgan fingerprint density at radius 1 is 1.29 bits per heavy atom. The monoisotopic (exact) mass is 493 g/mol. The SMILES string of the molecule is C[C@H]1ON[C@@H](c2c(Cl)cccc2Cl)[C@H]1C(=O)N[C@H](C(=O)O)[C@H](N)SC(C)(C)CC(=O)O. The first-order valence-electron chi connectivity index (χ1n) is 9.37. The highest BCUT2D eigenvalue weighted by Gasteiger charge is 2.44. The molecule has 1 aliphatic heterocycles. The third-order valence-electron chi connectivity index (χ3n) is 4.78. The predicted octanol–water partition coefficient (Wildman–Crippen LogP) is 2.41. The maximum Gasteiger partial charge on any atom is 0.328 e. The number of halogens is 2. The Balaban J connectivity index is 2.22. The van der Waals surface area contributed by atoms with E-state index in [1.54, 1.807) is 39.0 Å². The van der Waals surface area contributed by atoms with Gasteiger partial charge in [0.25, 0.3) is 0 Å². The minimum Gasteiger partial charge on any atom is -0.481 e. The third kappa shape index (κ3) is 6.47. The van der Waals surface area contributed by atoms with Crippen molar-refractivity contribution in [2.45, 2.75) is 55.5 Å². The molecule has 0 saturated carbocycles. The van der Waals surface area contributed by atoms with E-state index >= 15 is 0 Å². The van der Waals surface area contributed by atoms with Gasteiger partial charge in [-0.15, -0.1) is 11.8 Å². The number of rotatable bonds is 9. The second-order valence-electron chi connectivity index (χ2n) is 7.82. The molecule has 1 aromatic rings. The molecule has 0 bridgehead atoms. The number of hydroxylamine groups is 1. The molecule has 6 N–H and O–H groups in total. The van der Waals surface area contributed by atoms with Gasteiger partial charge in [-0.3, -0.25) is 14.4 Å². The molecule has 1 amide bonds. The number of nitrogens with one attached hydrogen (secondary N) is 2. The van der Waals surface area contributed by atoms with Crippen molar-refractivity contribution >= 4 is 52.8 Å². The van der Waals surface area contributed by atoms with Crippen LogP contribution in [-0.4, -0.2) is 50.3 Å². The van der Waals surface area contributed by atoms with Crippen molar-refractivity contribution in [2.24, 2.45) is 11.7 Å². The quantitative estimate of drug-likeness (QED) is 0.326. The summed E-state index contributed by atoms with van der Waals surface area (Å²) >= 11 is 13.5. The van der Waals surface area contributed by atoms with E-state index in [9.17, 15) is 19.5 Å². The van der Waals surface area contributed by atoms with E-state index in [-0.39, 0.29) is 6.42 Å². The number of thioether (sulfide) groups is 1. The summed E-state index contributed by atoms with van der Waals surface area (Å²) in [6.07, 6.45) is -0.838. The fraction of sp³-hybridized carbons (Fsp3) is 0.526. The van der Waals surface area contributed by atoms with Gasteiger partial charge in [-0.2, -0.15) is 5.48 Å². The summed E-state index contributed by atoms with van der Waals surface area (Å²) in [6, 6.07) is 2.75. The van der Waals surface area contributed by atoms with Gasteiger partial charge in [0.05, 0.1) is 29.9 Å². The lowest BCUT2D eigenvalue weighted by Crippen LogP contribution is -2.54. The van der Waals surface area contributed by atoms with Crippen LogP contribution in [-0.2, 0) is 19.2 Å². The zero-order valence-corrected chi connectivity index (χ0v) is 19.4. The Bertz CT molecular complexity index is 836. The molecular weight excluding hydrogens is 469 g/mol. The molecule has 1 aromatic carbocycles. The van der Waals surface area contributed by atoms with Crippen molar-refractivity contribution in [1.29, 1.82) is 0 Å². The zero-order valence-electron chi connectivity index (χ0n) is 17.1. The average molecular weight is 494 g/mol. The second-order valence-corrected chi connectivity index (χ2v) is 10.5. The molecule has 2 rings (SSSR count). The molecule has 1 saturated heterocycles. The summed E-state index contributed by atoms with van der Waals surface area (Å²) in [6.45, 7) is 4.93. The van der Waals surface area contributed by atoms with Crippen LogP contribution in [0.4, 0.5) is 0 Å². The smallest absolute Gasteiger partial charge is 0.328 e. The van der Waals surface area contributed by atoms with Gasteiger partial charge in [-0.25, -0.2) is 4.79 Å². The van der Waals surface area contributed by atoms with Crippen LogP contribution in [0.2, 0.25) is 10.0 Å². The first-order chi connectivity index (χ1) is 14.3. The fourth-order valence-electron chi connectivity index (χ4n) is 3.39. The largest absolute Gasteiger partial charge is 0.481 e. The van der Waals surface area contributed by atoms with Crippen LogP contribution < -0.4 is 16.5 Å². The van der Waals surface area contributed by atoms with Gasteiger partial charge in [0, 0.05) is 20.4 Å². The number of carbonyl (C=O) groups is 3. The van der Waals surface area contributed by atoms with E-state index in [1.165, 1.54) is 0 Å². The average Bonchev–Trinajstić information content (AvgIpc) is 2.98. The zero-order chi connectivity index (χ0) is 23.5. The van der Waals surface area contributed by atoms with Gasteiger partial charge >= 0.3 is 11.9 Å². The predicted molar refractivity (Wildman–Crippen MR) is 118 cm³/mol. The van der Waals surface area contributed by atoms with Crippen LogP contribution in [0, 0.1) is 5.92 Å². The number of carboxylic acid groups (broad SMARTS) is 2. The number of carboxylic acids is 2. The van der Waals surface area contributed by atoms with Gasteiger partial charge in [0.2, 0.25) is 5.91 Å². The van der Waals surface area contributed by atoms with E-state index in [4.69, 9.17) is 38.9 Å². The molecule has 1 heterocycles. The van der Waals surface area contributed by atoms with Gasteiger partial charge in [-0.05, 0) is 19.1 Å². The summed E-state index contributed by atoms with van der Waals surface area (Å²) in [4.78, 5) is 41.4. The molecule has 1 aliphatic rings. The lowest BCUT2D eigenvalue weighted by Gasteiger charge is -2.30. The Morgan fingerprint density at radius 2 is 1.87 bits per heavy atom. The summed E-state index contributed by atoms with van der Waals surface area (Å²) in [7, 11) is 0. The molecule has 172 valence electrons. The molecule has 9 nitrogen and oxygen atoms in total. The van der Waals surface area contributed by atoms with Gasteiger partial charge in [0.15, 0.2) is 6.04 Å². The van der Waals surface area contributed by atoms with Gasteiger partial charge in [0.1, 0.15) is 0 Å². The minimum absolute atomic E-state index is 0.226. The van der Waals surface area contributed by atoms with E-state index in [2.05, 4.69) is 10.8 Å². The van der Waals surface area contributed by atoms with Crippen LogP contribution in [0.1, 0.15) is 38.8 Å². The summed E-state index contributed by atoms with van der Waals surface area (Å²) in [5.74, 6) is -3.84. The second kappa shape index (κ2) is 10.4. The standard InChI is InChI=1S/C19H25Cl2N3O6S/c1-8-12(14(24-30-8)13-9(20)5-4-6-10(13)21)17(27)23-15(18(28)29)16(22)31-19(2,3)7-11(25)26/h4-6,8,12,14-16,24H,7,22H2,1-3H3,(H,23,27)(H,25,26)(H,28,29)/t8-,12+,14-,15+,16-/m1/s1. The molecule has 12 heteroatoms. The van der Waals surface area contributed by atoms with Crippen molar-refractivity contribution in [1.82, 2.24) is 10.8 Å². The van der Waals surface area contributed by atoms with E-state index in [0.717, 1.165) is 11.8 Å². The van der Waals surface area contributed by atoms with Crippen molar-refractivity contribution in [3.63, 3.8) is 0 Å². The number of aliphatic carboxylic acids is 2. The van der Waals surface area contributed by atoms with Crippen LogP contribution in [0.15, 0.2) is 18.2 Å². The van der Waals surface area contributed by atoms with Gasteiger partial charge < -0.3 is 21.3 Å². The highest BCUT2D eigenvalue weighted by Crippen LogP contribution is 2.39. The molecule has 31 heavy (non-hydrogen) atoms. The topological polar surface area (TPSA) is 151 Å². The Morgan fingerprint density at radius 3 is 2.39 bits per heavy atom. The molecule has 0 unspecified atom stereocenters. The van der Waals surface area contributed by atoms with Crippen LogP contribution in [0.25, 0.3) is 0 Å². The molecule has 5 atom stereocenters. The summed E-state index contributed by atoms with van der Waals surface area (Å²) in [5, 5.41) is 20.7. The highest BCUT2D eigenvalue weighted by atomic mass is 35.5. The maximum atomic E-state index is 13.1. The van der Waals surface area contributed by atoms with Crippen molar-refractivity contribution < 1.29 is 29.4 Å². The number of hydrogen-bond donors (Lipinski definition) is 5. The van der Waals surface area contributed by atoms with Crippen LogP contribution >= 0.6 is 35.0 Å². The Kier molecular flexibility index (Phi) is 8.60. The first kappa shape index (κ1) is 25.7. The van der Waals surface area contributed by atoms with E-state index in [1.807, 2.05) is 0 Å². The van der Waals surface area contributed by atoms with Crippen LogP contribution in [0.3, 0.4) is 0 Å². The first-order valence-corrected chi connectivity index (χ1v) is 11.0. The summed E-state index contributed by atoms with van der Waals surface area (Å²) < 4.78 is -0.845. The molecule has 0 radical (unpaired) electrons. The lowest BCUT2D eigenvalue weighted by molar-refractivity contribution is -0.142. The number of carbonyl (C=O) groups excluding carboxylic acids is 1. The van der Waals surface area contributed by atoms with E-state index in [0.29, 0.717) is 15.6 Å². The highest BCUT2D eigenvalue weighted by molar-refractivity contribution is 8.01. The van der Waals surface area contributed by atoms with E-state index < -0.39 is 52.1 Å². The number of amides is 1. The van der Waals surface area contributed by atoms with Crippen LogP contribution in [0.5, 0.6) is 0 Å². The number of nitrogens with two attached hydrogens (primary N) is 1. The maximum absolute atomic E-state index is 13.1. The number of benzene rings is 1. The third-order valence-corrected chi connectivity index (χ3v) is 6.77. The fourth-order valence-corrected chi connectivity index (χ4v) is 5.28. The summed E-state index contributed by atoms with van der Waals surface area (Å²) in [5.41, 5.74) is 9.25. The molecule has 0 aliphatic carbocycles. The van der Waals surface area contributed by atoms with Crippen molar-refractivity contribution in [3.05, 3.63) is 33.8 Å². The number of hydrogen-bond acceptors (Lipinski definition) is 7. The van der Waals surface area contributed by atoms with Crippen molar-refractivity contribution in [3.8, 4) is 0 Å². The molecule has 1 fully saturated rings. The molecule has 0 aromatic heterocycles. The Labute approximate surface area is 193 Å². The normalized spacial score (nSPS) is 23.2. The Hall–Kier alpha value is -1.56. The van der Waals surface area contributed by atoms with Crippen molar-refractivity contribution in [2.75, 3.05) is 0 Å². The van der Waals surface area contributed by atoms with Gasteiger partial charge in [-0.1, -0.05) is 43.1 Å². The molecular formula is C19H25Cl2N3O6S.